The normalized spacial score (nSPS) is 34.1. The van der Waals surface area contributed by atoms with Gasteiger partial charge in [0.1, 0.15) is 132 Å². The summed E-state index contributed by atoms with van der Waals surface area (Å²) >= 11 is 0. The van der Waals surface area contributed by atoms with Gasteiger partial charge in [0.25, 0.3) is 0 Å². The third-order valence-electron chi connectivity index (χ3n) is 21.9. The number of esters is 21. The van der Waals surface area contributed by atoms with Crippen molar-refractivity contribution in [3.63, 3.8) is 0 Å². The number of hydrogen-bond acceptors (Lipinski definition) is 56. The molecule has 23 fully saturated rings. The van der Waals surface area contributed by atoms with E-state index in [2.05, 4.69) is 0 Å². The predicted molar refractivity (Wildman–Crippen MR) is 465 cm³/mol. The van der Waals surface area contributed by atoms with Crippen molar-refractivity contribution in [2.45, 2.75) is 353 Å². The fourth-order valence-electron chi connectivity index (χ4n) is 16.9. The molecule has 56 nitrogen and oxygen atoms in total. The summed E-state index contributed by atoms with van der Waals surface area (Å²) in [7, 11) is 0. The van der Waals surface area contributed by atoms with E-state index in [1.165, 1.54) is 25.7 Å². The largest absolute Gasteiger partial charge is 2.00 e. The molecule has 0 unspecified atom stereocenters. The maximum absolute atomic E-state index is 14.3. The fraction of sp³-hybridized carbons (Fsp3) is 0.667. The van der Waals surface area contributed by atoms with Crippen LogP contribution < -0.4 is 0 Å². The smallest absolute Gasteiger partial charge is 0.463 e. The first kappa shape index (κ1) is 124. The van der Waals surface area contributed by atoms with Crippen molar-refractivity contribution in [1.82, 2.24) is 0 Å². The summed E-state index contributed by atoms with van der Waals surface area (Å²) in [6.45, 7) is 8.51. The molecule has 2 saturated carbocycles. The molecule has 0 aromatic rings. The number of ether oxygens (including phenoxy) is 35. The van der Waals surface area contributed by atoms with E-state index in [0.717, 1.165) is 138 Å². The standard InChI is InChI=1S/C88H113O56.C5H5.Fe/c1-32(89)110-25-53-60-67(117-38(7)95)75(125-46(15)103)83(132-53)140-62-55(27-112-34(3)91)134-85(77(127-48(17)105)69(62)119-40(9)97)142-64-57(29-114-36(5)93)136-87(79(129-50(19)107)71(64)121-42(11)99)144-66-59(31-116-81(109)52-23-21-22-24-52)137-88(80(130-51(20)108)73(66)123-44(13)101)143-65-58(30-115-37(6)94)135-86(78(128-49(18)106)72(65)122-43(12)100)141-63-56(28-113-35(4)92)133-84(76(126-47(16)104)70(63)120-41(10)98)139-61-54(26-111-33(2)90)131-82(138-60)74(124-45(14)102)68(61)118-39(8)96;1-2-4-5-3-1;/h21-24,53-80,82-88H,25-31H2,1-20H3;1-5H;/q;;+2/t53-,54-,55-,56-,57-,58-,59-,60-,61-,62-,63-,64-,65-,66-,67+,68+,69+,70+,71+,72+,73+,74-,75-,76-,77-,78-,79-,80-,82-,83-,84-,85-,86-,87-,88-;;/m1../s1. The van der Waals surface area contributed by atoms with Crippen LogP contribution in [0.1, 0.15) is 138 Å². The molecule has 0 N–H and O–H groups in total. The molecule has 0 aromatic heterocycles. The van der Waals surface area contributed by atoms with E-state index in [-0.39, 0.29) is 23.0 Å². The Morgan fingerprint density at radius 2 is 0.287 bits per heavy atom. The third-order valence-corrected chi connectivity index (χ3v) is 21.9. The monoisotopic (exact) mass is 2190 g/mol. The minimum absolute atomic E-state index is 0. The summed E-state index contributed by atoms with van der Waals surface area (Å²) in [6.07, 6.45) is -66.5. The van der Waals surface area contributed by atoms with Gasteiger partial charge in [-0.2, -0.15) is 0 Å². The van der Waals surface area contributed by atoms with Crippen molar-refractivity contribution < 1.29 is 284 Å². The first-order chi connectivity index (χ1) is 70.2. The van der Waals surface area contributed by atoms with E-state index in [4.69, 9.17) is 166 Å². The molecule has 0 spiro atoms. The van der Waals surface area contributed by atoms with Crippen LogP contribution in [0.15, 0.2) is 0 Å². The van der Waals surface area contributed by atoms with E-state index >= 15 is 0 Å². The molecule has 21 aliphatic heterocycles. The Balaban J connectivity index is 0.00000443. The molecule has 150 heavy (non-hydrogen) atoms. The Bertz CT molecular complexity index is 4380. The minimum Gasteiger partial charge on any atom is -0.463 e. The van der Waals surface area contributed by atoms with Crippen LogP contribution in [0.4, 0.5) is 0 Å². The summed E-state index contributed by atoms with van der Waals surface area (Å²) < 4.78 is 216. The molecule has 2 aliphatic carbocycles. The van der Waals surface area contributed by atoms with E-state index < -0.39 is 387 Å². The topological polar surface area (TPSA) is 682 Å². The third kappa shape index (κ3) is 36.3. The zero-order valence-corrected chi connectivity index (χ0v) is 85.7. The SMILES string of the molecule is CC(=O)OC[C@H]1O[C@@H]2O[C@H]3[C@H](OC(C)=O)[C@@H](OC(C)=O)[C@@H](O[C@H]4[C@H](OC(C)=O)[C@@H](OC(C)=O)[C@@H](O[C@H]5[C@H](OC(C)=O)[C@@H](OC(C)=O)[C@@H](O[C@H]6[C@H](OC(C)=O)[C@@H](OC(C)=O)[C@@H](O[C@H]7[C@H](OC(C)=O)[C@@H](OC(C)=O)[C@@H](O[C@H]8[C@H](OC(C)=O)[C@@H](OC(C)=O)[C@@H](O[C@H]1[C@H](OC(C)=O)[C@H]2OC(C)=O)O[C@@H]8COC(C)=O)O[C@@H]7COC(C)=O)O[C@@H]6COC(C)=O)O[C@@H]5COC(=O)[C]1[CH][CH][CH][CH]1)O[C@@H]4COC(C)=O)O[C@@H]3COC(C)=O.[CH]1[CH][CH][CH][CH]1.[Fe+2]. The van der Waals surface area contributed by atoms with Gasteiger partial charge in [-0.15, -0.1) is 0 Å². The summed E-state index contributed by atoms with van der Waals surface area (Å²) in [5, 5.41) is 0. The number of hydrogen-bond donors (Lipinski definition) is 0. The van der Waals surface area contributed by atoms with Crippen molar-refractivity contribution in [3.8, 4) is 0 Å². The minimum atomic E-state index is -2.50. The molecule has 0 aromatic carbocycles. The van der Waals surface area contributed by atoms with E-state index in [1.54, 1.807) is 0 Å². The Morgan fingerprint density at radius 1 is 0.167 bits per heavy atom. The van der Waals surface area contributed by atoms with Crippen LogP contribution in [-0.2, 0) is 284 Å². The molecular formula is C93H118FeO56+2. The molecule has 35 atom stereocenters. The molecular weight excluding hydrogens is 2070 g/mol. The van der Waals surface area contributed by atoms with Crippen molar-refractivity contribution in [2.24, 2.45) is 0 Å². The van der Waals surface area contributed by atoms with Gasteiger partial charge in [0.15, 0.2) is 129 Å². The van der Waals surface area contributed by atoms with Crippen LogP contribution in [-0.4, -0.2) is 387 Å². The summed E-state index contributed by atoms with van der Waals surface area (Å²) in [5.74, 6) is -26.4. The summed E-state index contributed by atoms with van der Waals surface area (Å²) in [6, 6.07) is 0. The van der Waals surface area contributed by atoms with Crippen LogP contribution in [0.3, 0.4) is 0 Å². The van der Waals surface area contributed by atoms with Crippen molar-refractivity contribution in [2.75, 3.05) is 46.2 Å². The van der Waals surface area contributed by atoms with Crippen LogP contribution in [0.5, 0.6) is 0 Å². The average Bonchev–Trinajstić information content (AvgIpc) is 1.34. The molecule has 23 rings (SSSR count). The van der Waals surface area contributed by atoms with Crippen LogP contribution in [0.2, 0.25) is 0 Å². The Hall–Kier alpha value is -11.2. The zero-order chi connectivity index (χ0) is 110. The van der Waals surface area contributed by atoms with Gasteiger partial charge < -0.3 is 166 Å². The first-order valence-electron chi connectivity index (χ1n) is 46.2. The maximum Gasteiger partial charge on any atom is 2.00 e. The average molecular weight is 2190 g/mol. The van der Waals surface area contributed by atoms with E-state index in [9.17, 15) is 101 Å². The molecule has 832 valence electrons. The van der Waals surface area contributed by atoms with Crippen LogP contribution in [0.25, 0.3) is 0 Å². The quantitative estimate of drug-likeness (QED) is 0.0451. The number of carbonyl (C=O) groups is 21. The van der Waals surface area contributed by atoms with Gasteiger partial charge in [-0.1, -0.05) is 0 Å². The predicted octanol–water partition coefficient (Wildman–Crippen LogP) is -1.84. The number of rotatable bonds is 29. The van der Waals surface area contributed by atoms with E-state index in [0.29, 0.717) is 0 Å². The summed E-state index contributed by atoms with van der Waals surface area (Å²) in [4.78, 5) is 290. The molecule has 14 bridgehead atoms. The molecule has 21 heterocycles. The second-order valence-corrected chi connectivity index (χ2v) is 34.1. The summed E-state index contributed by atoms with van der Waals surface area (Å²) in [5.41, 5.74) is 0. The van der Waals surface area contributed by atoms with Gasteiger partial charge in [-0.05, 0) is 57.8 Å². The van der Waals surface area contributed by atoms with Gasteiger partial charge in [-0.3, -0.25) is 101 Å². The number of carbonyl (C=O) groups excluding carboxylic acids is 21. The van der Waals surface area contributed by atoms with Gasteiger partial charge in [0.05, 0.1) is 5.92 Å². The molecule has 10 radical (unpaired) electrons. The molecule has 21 saturated heterocycles. The van der Waals surface area contributed by atoms with Crippen molar-refractivity contribution in [1.29, 1.82) is 0 Å². The van der Waals surface area contributed by atoms with Gasteiger partial charge in [0, 0.05) is 138 Å². The molecule has 23 aliphatic rings. The molecule has 0 amide bonds. The van der Waals surface area contributed by atoms with Crippen molar-refractivity contribution in [3.05, 3.63) is 63.7 Å². The van der Waals surface area contributed by atoms with Gasteiger partial charge >= 0.3 is 142 Å². The second kappa shape index (κ2) is 58.1. The Morgan fingerprint density at radius 3 is 0.407 bits per heavy atom. The van der Waals surface area contributed by atoms with Crippen molar-refractivity contribution >= 4 is 125 Å². The Kier molecular flexibility index (Phi) is 48.0. The van der Waals surface area contributed by atoms with Gasteiger partial charge in [0.2, 0.25) is 0 Å². The van der Waals surface area contributed by atoms with E-state index in [1.807, 2.05) is 32.1 Å². The van der Waals surface area contributed by atoms with Gasteiger partial charge in [-0.25, -0.2) is 0 Å². The second-order valence-electron chi connectivity index (χ2n) is 34.1. The molecule has 57 heteroatoms. The first-order valence-corrected chi connectivity index (χ1v) is 46.2. The Labute approximate surface area is 868 Å². The maximum atomic E-state index is 14.3. The van der Waals surface area contributed by atoms with Crippen LogP contribution in [0, 0.1) is 63.7 Å². The van der Waals surface area contributed by atoms with Crippen LogP contribution >= 0.6 is 0 Å². The fourth-order valence-corrected chi connectivity index (χ4v) is 16.9. The zero-order valence-electron chi connectivity index (χ0n) is 84.6.